The van der Waals surface area contributed by atoms with Crippen LogP contribution in [0.15, 0.2) is 115 Å². The van der Waals surface area contributed by atoms with E-state index in [1.54, 1.807) is 0 Å². The summed E-state index contributed by atoms with van der Waals surface area (Å²) in [4.78, 5) is 0. The molecule has 2 atom stereocenters. The van der Waals surface area contributed by atoms with Crippen LogP contribution in [0.1, 0.15) is 23.0 Å². The topological polar surface area (TPSA) is 17.0 Å². The molecule has 0 saturated heterocycles. The normalized spacial score (nSPS) is 18.6. The lowest BCUT2D eigenvalue weighted by atomic mass is 9.79. The Kier molecular flexibility index (Phi) is 3.71. The number of allylic oxidation sites excluding steroid dienone is 4. The maximum atomic E-state index is 3.79. The largest absolute Gasteiger partial charge is 0.355 e. The summed E-state index contributed by atoms with van der Waals surface area (Å²) in [5.74, 6) is 0.652. The molecule has 1 aliphatic heterocycles. The third-order valence-corrected chi connectivity index (χ3v) is 6.94. The van der Waals surface area contributed by atoms with Crippen LogP contribution in [-0.4, -0.2) is 4.57 Å². The lowest BCUT2D eigenvalue weighted by Gasteiger charge is -2.24. The summed E-state index contributed by atoms with van der Waals surface area (Å²) < 4.78 is 2.39. The third kappa shape index (κ3) is 2.47. The summed E-state index contributed by atoms with van der Waals surface area (Å²) in [6, 6.07) is 32.9. The molecule has 4 aromatic carbocycles. The van der Waals surface area contributed by atoms with Crippen LogP contribution < -0.4 is 5.32 Å². The highest BCUT2D eigenvalue weighted by Gasteiger charge is 2.30. The molecule has 2 unspecified atom stereocenters. The third-order valence-electron chi connectivity index (χ3n) is 6.94. The van der Waals surface area contributed by atoms with Gasteiger partial charge in [-0.2, -0.15) is 0 Å². The summed E-state index contributed by atoms with van der Waals surface area (Å²) >= 11 is 0. The zero-order chi connectivity index (χ0) is 21.1. The highest BCUT2D eigenvalue weighted by Crippen LogP contribution is 2.48. The van der Waals surface area contributed by atoms with Crippen LogP contribution in [0.3, 0.4) is 0 Å². The fraction of sp³-hybridized carbons (Fsp3) is 0.0667. The second kappa shape index (κ2) is 6.73. The van der Waals surface area contributed by atoms with Gasteiger partial charge in [0.1, 0.15) is 0 Å². The van der Waals surface area contributed by atoms with Crippen LogP contribution in [0, 0.1) is 0 Å². The van der Waals surface area contributed by atoms with Crippen molar-refractivity contribution in [2.24, 2.45) is 0 Å². The predicted octanol–water partition coefficient (Wildman–Crippen LogP) is 7.83. The molecule has 2 heteroatoms. The minimum Gasteiger partial charge on any atom is -0.355 e. The predicted molar refractivity (Wildman–Crippen MR) is 134 cm³/mol. The van der Waals surface area contributed by atoms with Crippen LogP contribution >= 0.6 is 0 Å². The standard InChI is InChI=1S/C30H22N2/c1-2-10-20(11-3-1)32-29-17-9-7-15-24(29)26-18-25-22-13-5-4-12-21(22)23-14-6-8-16-27(23)31-28(25)19-30(26)32/h1-19,21-22,31H. The number of aromatic nitrogens is 1. The van der Waals surface area contributed by atoms with E-state index in [0.29, 0.717) is 11.8 Å². The first kappa shape index (κ1) is 17.6. The minimum atomic E-state index is 0.314. The molecule has 32 heavy (non-hydrogen) atoms. The Labute approximate surface area is 187 Å². The van der Waals surface area contributed by atoms with Gasteiger partial charge in [0.05, 0.1) is 11.0 Å². The van der Waals surface area contributed by atoms with E-state index in [0.717, 1.165) is 0 Å². The molecule has 2 heterocycles. The highest BCUT2D eigenvalue weighted by molar-refractivity contribution is 6.10. The first-order chi connectivity index (χ1) is 15.9. The van der Waals surface area contributed by atoms with E-state index in [9.17, 15) is 0 Å². The van der Waals surface area contributed by atoms with Gasteiger partial charge in [0, 0.05) is 39.7 Å². The number of fused-ring (bicyclic) bond motifs is 8. The molecule has 0 bridgehead atoms. The van der Waals surface area contributed by atoms with Crippen molar-refractivity contribution in [2.75, 3.05) is 5.32 Å². The molecule has 5 aromatic rings. The molecule has 1 aliphatic carbocycles. The maximum absolute atomic E-state index is 3.79. The van der Waals surface area contributed by atoms with Crippen LogP contribution in [-0.2, 0) is 0 Å². The van der Waals surface area contributed by atoms with Crippen LogP contribution in [0.5, 0.6) is 0 Å². The molecule has 2 aliphatic rings. The quantitative estimate of drug-likeness (QED) is 0.298. The smallest absolute Gasteiger partial charge is 0.0561 e. The van der Waals surface area contributed by atoms with Gasteiger partial charge >= 0.3 is 0 Å². The molecule has 0 radical (unpaired) electrons. The Morgan fingerprint density at radius 2 is 1.28 bits per heavy atom. The van der Waals surface area contributed by atoms with Crippen molar-refractivity contribution < 1.29 is 0 Å². The first-order valence-corrected chi connectivity index (χ1v) is 11.2. The zero-order valence-electron chi connectivity index (χ0n) is 17.6. The molecule has 1 N–H and O–H groups in total. The molecule has 0 fully saturated rings. The van der Waals surface area contributed by atoms with E-state index in [1.807, 2.05) is 0 Å². The van der Waals surface area contributed by atoms with Crippen LogP contribution in [0.2, 0.25) is 0 Å². The maximum Gasteiger partial charge on any atom is 0.0561 e. The van der Waals surface area contributed by atoms with Crippen molar-refractivity contribution in [1.29, 1.82) is 0 Å². The van der Waals surface area contributed by atoms with Gasteiger partial charge in [-0.1, -0.05) is 78.9 Å². The number of rotatable bonds is 1. The average molecular weight is 411 g/mol. The number of benzene rings is 4. The molecule has 0 saturated carbocycles. The summed E-state index contributed by atoms with van der Waals surface area (Å²) in [7, 11) is 0. The number of anilines is 2. The number of para-hydroxylation sites is 3. The van der Waals surface area contributed by atoms with Crippen molar-refractivity contribution in [3.05, 3.63) is 126 Å². The number of hydrogen-bond acceptors (Lipinski definition) is 1. The molecular weight excluding hydrogens is 388 g/mol. The summed E-state index contributed by atoms with van der Waals surface area (Å²) in [5, 5.41) is 6.39. The fourth-order valence-electron chi connectivity index (χ4n) is 5.52. The average Bonchev–Trinajstić information content (AvgIpc) is 3.10. The molecule has 1 aromatic heterocycles. The second-order valence-corrected chi connectivity index (χ2v) is 8.68. The van der Waals surface area contributed by atoms with E-state index in [2.05, 4.69) is 125 Å². The first-order valence-electron chi connectivity index (χ1n) is 11.2. The summed E-state index contributed by atoms with van der Waals surface area (Å²) in [6.07, 6.45) is 9.08. The second-order valence-electron chi connectivity index (χ2n) is 8.68. The van der Waals surface area contributed by atoms with Gasteiger partial charge in [0.15, 0.2) is 0 Å². The molecule has 7 rings (SSSR count). The van der Waals surface area contributed by atoms with Gasteiger partial charge < -0.3 is 9.88 Å². The van der Waals surface area contributed by atoms with Gasteiger partial charge in [-0.05, 0) is 47.5 Å². The number of hydrogen-bond donors (Lipinski definition) is 1. The van der Waals surface area contributed by atoms with Crippen molar-refractivity contribution >= 4 is 33.2 Å². The van der Waals surface area contributed by atoms with Crippen molar-refractivity contribution in [1.82, 2.24) is 4.57 Å². The Balaban J connectivity index is 1.58. The minimum absolute atomic E-state index is 0.314. The summed E-state index contributed by atoms with van der Waals surface area (Å²) in [5.41, 5.74) is 8.76. The molecule has 2 nitrogen and oxygen atoms in total. The van der Waals surface area contributed by atoms with Crippen molar-refractivity contribution in [3.63, 3.8) is 0 Å². The Bertz CT molecular complexity index is 1550. The van der Waals surface area contributed by atoms with Gasteiger partial charge in [-0.3, -0.25) is 0 Å². The fourth-order valence-corrected chi connectivity index (χ4v) is 5.52. The lowest BCUT2D eigenvalue weighted by Crippen LogP contribution is -2.08. The van der Waals surface area contributed by atoms with Gasteiger partial charge in [-0.25, -0.2) is 0 Å². The van der Waals surface area contributed by atoms with Gasteiger partial charge in [-0.15, -0.1) is 0 Å². The number of nitrogens with zero attached hydrogens (tertiary/aromatic N) is 1. The van der Waals surface area contributed by atoms with E-state index in [1.165, 1.54) is 50.0 Å². The van der Waals surface area contributed by atoms with Crippen molar-refractivity contribution in [3.8, 4) is 5.69 Å². The molecule has 0 spiro atoms. The molecule has 0 amide bonds. The monoisotopic (exact) mass is 410 g/mol. The number of nitrogens with one attached hydrogen (secondary N) is 1. The van der Waals surface area contributed by atoms with E-state index >= 15 is 0 Å². The lowest BCUT2D eigenvalue weighted by molar-refractivity contribution is 0.740. The summed E-state index contributed by atoms with van der Waals surface area (Å²) in [6.45, 7) is 0. The molecular formula is C30H22N2. The SMILES string of the molecule is C1=CC2c3ccccc3Nc3cc4c(cc3C2C=C1)c1ccccc1n4-c1ccccc1. The van der Waals surface area contributed by atoms with Crippen LogP contribution in [0.4, 0.5) is 11.4 Å². The Morgan fingerprint density at radius 3 is 2.16 bits per heavy atom. The zero-order valence-corrected chi connectivity index (χ0v) is 17.6. The Hall–Kier alpha value is -4.04. The van der Waals surface area contributed by atoms with Crippen LogP contribution in [0.25, 0.3) is 27.5 Å². The van der Waals surface area contributed by atoms with Gasteiger partial charge in [0.25, 0.3) is 0 Å². The van der Waals surface area contributed by atoms with E-state index < -0.39 is 0 Å². The highest BCUT2D eigenvalue weighted by atomic mass is 15.0. The van der Waals surface area contributed by atoms with E-state index in [-0.39, 0.29) is 0 Å². The molecule has 152 valence electrons. The Morgan fingerprint density at radius 1 is 0.562 bits per heavy atom. The van der Waals surface area contributed by atoms with Gasteiger partial charge in [0.2, 0.25) is 0 Å². The van der Waals surface area contributed by atoms with E-state index in [4.69, 9.17) is 0 Å². The van der Waals surface area contributed by atoms with Crippen molar-refractivity contribution in [2.45, 2.75) is 11.8 Å².